The van der Waals surface area contributed by atoms with E-state index in [-0.39, 0.29) is 0 Å². The number of nitrogens with zero attached hydrogens (tertiary/aromatic N) is 1. The topological polar surface area (TPSA) is 20.3 Å². The number of fused-ring (bicyclic) bond motifs is 2. The maximum Gasteiger partial charge on any atom is 0.222 e. The van der Waals surface area contributed by atoms with E-state index in [9.17, 15) is 4.79 Å². The lowest BCUT2D eigenvalue weighted by atomic mass is 9.86. The Morgan fingerprint density at radius 2 is 2.08 bits per heavy atom. The lowest BCUT2D eigenvalue weighted by Gasteiger charge is -2.22. The van der Waals surface area contributed by atoms with E-state index in [4.69, 9.17) is 0 Å². The van der Waals surface area contributed by atoms with Crippen LogP contribution in [0.4, 0.5) is 0 Å². The molecule has 3 atom stereocenters. The fraction of sp³-hybridized carbons (Fsp3) is 0.909. The molecule has 0 aromatic rings. The molecule has 0 radical (unpaired) electrons. The van der Waals surface area contributed by atoms with Gasteiger partial charge in [-0.3, -0.25) is 4.79 Å². The van der Waals surface area contributed by atoms with Gasteiger partial charge in [-0.25, -0.2) is 0 Å². The van der Waals surface area contributed by atoms with Crippen LogP contribution in [0.2, 0.25) is 0 Å². The SMILES string of the molecule is CN(C)C(=O)CC1C[C@@H]2CC[C@H]1C2. The van der Waals surface area contributed by atoms with Gasteiger partial charge >= 0.3 is 0 Å². The highest BCUT2D eigenvalue weighted by Crippen LogP contribution is 2.49. The summed E-state index contributed by atoms with van der Waals surface area (Å²) in [5.74, 6) is 2.88. The second-order valence-corrected chi connectivity index (χ2v) is 4.93. The summed E-state index contributed by atoms with van der Waals surface area (Å²) in [4.78, 5) is 13.2. The number of rotatable bonds is 2. The summed E-state index contributed by atoms with van der Waals surface area (Å²) in [6.07, 6.45) is 6.34. The van der Waals surface area contributed by atoms with Gasteiger partial charge in [0.2, 0.25) is 5.91 Å². The molecule has 2 aliphatic carbocycles. The number of hydrogen-bond acceptors (Lipinski definition) is 1. The molecule has 0 heterocycles. The van der Waals surface area contributed by atoms with Gasteiger partial charge < -0.3 is 4.90 Å². The van der Waals surface area contributed by atoms with Crippen molar-refractivity contribution in [3.63, 3.8) is 0 Å². The molecule has 2 saturated carbocycles. The van der Waals surface area contributed by atoms with Crippen molar-refractivity contribution in [2.45, 2.75) is 32.1 Å². The van der Waals surface area contributed by atoms with Crippen LogP contribution in [0.15, 0.2) is 0 Å². The first-order valence-electron chi connectivity index (χ1n) is 5.37. The molecule has 0 aromatic heterocycles. The van der Waals surface area contributed by atoms with Crippen molar-refractivity contribution in [2.24, 2.45) is 17.8 Å². The molecule has 1 unspecified atom stereocenters. The van der Waals surface area contributed by atoms with Gasteiger partial charge in [0.1, 0.15) is 0 Å². The Balaban J connectivity index is 1.86. The molecular weight excluding hydrogens is 162 g/mol. The third kappa shape index (κ3) is 1.72. The van der Waals surface area contributed by atoms with E-state index >= 15 is 0 Å². The van der Waals surface area contributed by atoms with Crippen LogP contribution in [0.5, 0.6) is 0 Å². The summed E-state index contributed by atoms with van der Waals surface area (Å²) in [7, 11) is 3.71. The molecule has 1 amide bonds. The predicted molar refractivity (Wildman–Crippen MR) is 52.2 cm³/mol. The van der Waals surface area contributed by atoms with Gasteiger partial charge in [0.15, 0.2) is 0 Å². The Morgan fingerprint density at radius 1 is 1.31 bits per heavy atom. The second-order valence-electron chi connectivity index (χ2n) is 4.93. The van der Waals surface area contributed by atoms with E-state index in [0.717, 1.165) is 18.3 Å². The summed E-state index contributed by atoms with van der Waals surface area (Å²) in [6, 6.07) is 0. The van der Waals surface area contributed by atoms with Crippen LogP contribution in [0, 0.1) is 17.8 Å². The largest absolute Gasteiger partial charge is 0.349 e. The standard InChI is InChI=1S/C11H19NO/c1-12(2)11(13)7-10-6-8-3-4-9(10)5-8/h8-10H,3-7H2,1-2H3/t8-,9+,10?/m1/s1. The minimum atomic E-state index is 0.317. The van der Waals surface area contributed by atoms with Crippen LogP contribution in [0.3, 0.4) is 0 Å². The number of amides is 1. The van der Waals surface area contributed by atoms with Crippen molar-refractivity contribution >= 4 is 5.91 Å². The molecule has 2 bridgehead atoms. The van der Waals surface area contributed by atoms with Gasteiger partial charge in [0.25, 0.3) is 0 Å². The number of hydrogen-bond donors (Lipinski definition) is 0. The first kappa shape index (κ1) is 9.04. The Labute approximate surface area is 80.3 Å². The molecule has 2 fully saturated rings. The van der Waals surface area contributed by atoms with E-state index in [1.165, 1.54) is 25.7 Å². The van der Waals surface area contributed by atoms with Crippen LogP contribution in [0.25, 0.3) is 0 Å². The third-order valence-electron chi connectivity index (χ3n) is 3.82. The predicted octanol–water partition coefficient (Wildman–Crippen LogP) is 1.90. The van der Waals surface area contributed by atoms with Crippen molar-refractivity contribution in [3.8, 4) is 0 Å². The van der Waals surface area contributed by atoms with Crippen LogP contribution in [-0.2, 0) is 4.79 Å². The van der Waals surface area contributed by atoms with Crippen LogP contribution in [-0.4, -0.2) is 24.9 Å². The molecule has 2 nitrogen and oxygen atoms in total. The molecule has 0 saturated heterocycles. The monoisotopic (exact) mass is 181 g/mol. The van der Waals surface area contributed by atoms with E-state index in [1.807, 2.05) is 14.1 Å². The lowest BCUT2D eigenvalue weighted by molar-refractivity contribution is -0.130. The van der Waals surface area contributed by atoms with Crippen molar-refractivity contribution in [2.75, 3.05) is 14.1 Å². The van der Waals surface area contributed by atoms with E-state index in [0.29, 0.717) is 11.8 Å². The maximum absolute atomic E-state index is 11.5. The summed E-state index contributed by atoms with van der Waals surface area (Å²) in [5.41, 5.74) is 0. The van der Waals surface area contributed by atoms with Gasteiger partial charge in [-0.15, -0.1) is 0 Å². The molecule has 2 heteroatoms. The minimum absolute atomic E-state index is 0.317. The summed E-state index contributed by atoms with van der Waals surface area (Å²) in [5, 5.41) is 0. The molecule has 2 aliphatic rings. The highest BCUT2D eigenvalue weighted by Gasteiger charge is 2.40. The van der Waals surface area contributed by atoms with Gasteiger partial charge in [-0.05, 0) is 37.0 Å². The first-order valence-corrected chi connectivity index (χ1v) is 5.37. The van der Waals surface area contributed by atoms with Crippen LogP contribution >= 0.6 is 0 Å². The normalized spacial score (nSPS) is 36.6. The molecular formula is C11H19NO. The van der Waals surface area contributed by atoms with Gasteiger partial charge in [-0.1, -0.05) is 6.42 Å². The van der Waals surface area contributed by atoms with Gasteiger partial charge in [-0.2, -0.15) is 0 Å². The lowest BCUT2D eigenvalue weighted by Crippen LogP contribution is -2.26. The van der Waals surface area contributed by atoms with Crippen molar-refractivity contribution in [1.29, 1.82) is 0 Å². The van der Waals surface area contributed by atoms with E-state index in [2.05, 4.69) is 0 Å². The van der Waals surface area contributed by atoms with Gasteiger partial charge in [0, 0.05) is 20.5 Å². The quantitative estimate of drug-likeness (QED) is 0.637. The number of carbonyl (C=O) groups is 1. The van der Waals surface area contributed by atoms with E-state index < -0.39 is 0 Å². The highest BCUT2D eigenvalue weighted by molar-refractivity contribution is 5.75. The molecule has 0 N–H and O–H groups in total. The molecule has 2 rings (SSSR count). The van der Waals surface area contributed by atoms with Gasteiger partial charge in [0.05, 0.1) is 0 Å². The van der Waals surface area contributed by atoms with Crippen molar-refractivity contribution in [3.05, 3.63) is 0 Å². The fourth-order valence-electron chi connectivity index (χ4n) is 3.03. The average molecular weight is 181 g/mol. The average Bonchev–Trinajstić information content (AvgIpc) is 2.64. The maximum atomic E-state index is 11.5. The smallest absolute Gasteiger partial charge is 0.222 e. The molecule has 74 valence electrons. The highest BCUT2D eigenvalue weighted by atomic mass is 16.2. The Hall–Kier alpha value is -0.530. The molecule has 0 spiro atoms. The third-order valence-corrected chi connectivity index (χ3v) is 3.82. The van der Waals surface area contributed by atoms with Crippen LogP contribution in [0.1, 0.15) is 32.1 Å². The zero-order valence-electron chi connectivity index (χ0n) is 8.62. The molecule has 0 aliphatic heterocycles. The summed E-state index contributed by atoms with van der Waals surface area (Å²) in [6.45, 7) is 0. The molecule has 0 aromatic carbocycles. The Kier molecular flexibility index (Phi) is 2.31. The fourth-order valence-corrected chi connectivity index (χ4v) is 3.03. The van der Waals surface area contributed by atoms with E-state index in [1.54, 1.807) is 4.90 Å². The van der Waals surface area contributed by atoms with Crippen LogP contribution < -0.4 is 0 Å². The Morgan fingerprint density at radius 3 is 2.54 bits per heavy atom. The van der Waals surface area contributed by atoms with Crippen molar-refractivity contribution in [1.82, 2.24) is 4.90 Å². The Bertz CT molecular complexity index is 212. The first-order chi connectivity index (χ1) is 6.16. The summed E-state index contributed by atoms with van der Waals surface area (Å²) >= 11 is 0. The number of carbonyl (C=O) groups excluding carboxylic acids is 1. The van der Waals surface area contributed by atoms with Crippen molar-refractivity contribution < 1.29 is 4.79 Å². The zero-order valence-corrected chi connectivity index (χ0v) is 8.62. The minimum Gasteiger partial charge on any atom is -0.349 e. The second kappa shape index (κ2) is 3.32. The zero-order chi connectivity index (χ0) is 9.42. The molecule has 13 heavy (non-hydrogen) atoms. The summed E-state index contributed by atoms with van der Waals surface area (Å²) < 4.78 is 0.